The molecule has 3 heterocycles. The van der Waals surface area contributed by atoms with E-state index in [0.29, 0.717) is 18.5 Å². The number of nitrogens with one attached hydrogen (secondary N) is 2. The standard InChI is InChI=1S/C17H20N4O3/c22-16(12-3-5-14-11(10-12)2-1-9-24-14)18-13-4-6-15-19-20-17(23)21(15)8-7-13/h3,5,10,13H,1-2,4,6-9H2,(H,18,22)(H,20,23). The maximum absolute atomic E-state index is 12.5. The summed E-state index contributed by atoms with van der Waals surface area (Å²) in [5, 5.41) is 9.60. The smallest absolute Gasteiger partial charge is 0.343 e. The lowest BCUT2D eigenvalue weighted by Crippen LogP contribution is -2.35. The summed E-state index contributed by atoms with van der Waals surface area (Å²) in [5.41, 5.74) is 1.59. The normalized spacial score (nSPS) is 19.6. The van der Waals surface area contributed by atoms with Gasteiger partial charge in [-0.25, -0.2) is 9.89 Å². The molecule has 0 saturated heterocycles. The fourth-order valence-electron chi connectivity index (χ4n) is 3.42. The van der Waals surface area contributed by atoms with Crippen LogP contribution in [0.25, 0.3) is 0 Å². The van der Waals surface area contributed by atoms with Crippen LogP contribution in [0.15, 0.2) is 23.0 Å². The molecule has 2 aliphatic heterocycles. The number of amides is 1. The predicted octanol–water partition coefficient (Wildman–Crippen LogP) is 1.03. The molecule has 1 amide bonds. The summed E-state index contributed by atoms with van der Waals surface area (Å²) in [5.74, 6) is 1.58. The molecule has 126 valence electrons. The Morgan fingerprint density at radius 3 is 3.17 bits per heavy atom. The number of hydrogen-bond donors (Lipinski definition) is 2. The zero-order valence-electron chi connectivity index (χ0n) is 13.4. The minimum atomic E-state index is -0.174. The van der Waals surface area contributed by atoms with E-state index in [2.05, 4.69) is 15.5 Å². The molecule has 0 radical (unpaired) electrons. The molecule has 1 aromatic heterocycles. The van der Waals surface area contributed by atoms with Gasteiger partial charge in [0.2, 0.25) is 0 Å². The number of nitrogens with zero attached hydrogens (tertiary/aromatic N) is 2. The van der Waals surface area contributed by atoms with Crippen LogP contribution in [-0.2, 0) is 19.4 Å². The number of rotatable bonds is 2. The molecule has 0 spiro atoms. The number of hydrogen-bond acceptors (Lipinski definition) is 4. The highest BCUT2D eigenvalue weighted by atomic mass is 16.5. The molecule has 1 atom stereocenters. The maximum atomic E-state index is 12.5. The van der Waals surface area contributed by atoms with Gasteiger partial charge in [-0.2, -0.15) is 5.10 Å². The molecule has 2 aliphatic rings. The van der Waals surface area contributed by atoms with E-state index in [1.807, 2.05) is 18.2 Å². The molecule has 24 heavy (non-hydrogen) atoms. The first-order valence-corrected chi connectivity index (χ1v) is 8.41. The Morgan fingerprint density at radius 2 is 2.25 bits per heavy atom. The van der Waals surface area contributed by atoms with Gasteiger partial charge in [-0.15, -0.1) is 0 Å². The van der Waals surface area contributed by atoms with Crippen molar-refractivity contribution in [3.05, 3.63) is 45.6 Å². The van der Waals surface area contributed by atoms with E-state index in [9.17, 15) is 9.59 Å². The van der Waals surface area contributed by atoms with Crippen molar-refractivity contribution in [1.29, 1.82) is 0 Å². The van der Waals surface area contributed by atoms with E-state index in [0.717, 1.165) is 49.4 Å². The summed E-state index contributed by atoms with van der Waals surface area (Å²) in [6.45, 7) is 1.32. The number of H-pyrrole nitrogens is 1. The molecule has 4 rings (SSSR count). The third-order valence-corrected chi connectivity index (χ3v) is 4.76. The number of aromatic amines is 1. The summed E-state index contributed by atoms with van der Waals surface area (Å²) in [6, 6.07) is 5.67. The Bertz CT molecular complexity index is 823. The maximum Gasteiger partial charge on any atom is 0.343 e. The van der Waals surface area contributed by atoms with Gasteiger partial charge in [-0.05, 0) is 49.4 Å². The van der Waals surface area contributed by atoms with E-state index in [-0.39, 0.29) is 17.6 Å². The molecule has 2 N–H and O–H groups in total. The topological polar surface area (TPSA) is 89.0 Å². The molecule has 7 heteroatoms. The Kier molecular flexibility index (Phi) is 3.84. The van der Waals surface area contributed by atoms with Crippen molar-refractivity contribution in [2.24, 2.45) is 0 Å². The number of carbonyl (C=O) groups excluding carboxylic acids is 1. The SMILES string of the molecule is O=C(NC1CCc2n[nH]c(=O)n2CC1)c1ccc2c(c1)CCCO2. The van der Waals surface area contributed by atoms with Crippen molar-refractivity contribution < 1.29 is 9.53 Å². The average Bonchev–Trinajstić information content (AvgIpc) is 2.84. The van der Waals surface area contributed by atoms with Crippen molar-refractivity contribution in [1.82, 2.24) is 20.1 Å². The quantitative estimate of drug-likeness (QED) is 0.862. The summed E-state index contributed by atoms with van der Waals surface area (Å²) in [7, 11) is 0. The molecule has 1 unspecified atom stereocenters. The second-order valence-electron chi connectivity index (χ2n) is 6.37. The lowest BCUT2D eigenvalue weighted by Gasteiger charge is -2.19. The third-order valence-electron chi connectivity index (χ3n) is 4.76. The second kappa shape index (κ2) is 6.14. The van der Waals surface area contributed by atoms with Crippen molar-refractivity contribution >= 4 is 5.91 Å². The summed E-state index contributed by atoms with van der Waals surface area (Å²) in [4.78, 5) is 24.2. The second-order valence-corrected chi connectivity index (χ2v) is 6.37. The van der Waals surface area contributed by atoms with Gasteiger partial charge in [0.15, 0.2) is 0 Å². The van der Waals surface area contributed by atoms with Gasteiger partial charge in [0, 0.05) is 24.6 Å². The zero-order valence-corrected chi connectivity index (χ0v) is 13.4. The van der Waals surface area contributed by atoms with Gasteiger partial charge in [-0.1, -0.05) is 0 Å². The Balaban J connectivity index is 1.44. The Morgan fingerprint density at radius 1 is 1.33 bits per heavy atom. The fourth-order valence-corrected chi connectivity index (χ4v) is 3.42. The van der Waals surface area contributed by atoms with E-state index in [4.69, 9.17) is 4.74 Å². The van der Waals surface area contributed by atoms with Crippen molar-refractivity contribution in [3.63, 3.8) is 0 Å². The molecule has 0 fully saturated rings. The molecular formula is C17H20N4O3. The average molecular weight is 328 g/mol. The molecule has 0 aliphatic carbocycles. The lowest BCUT2D eigenvalue weighted by atomic mass is 10.0. The number of aryl methyl sites for hydroxylation is 2. The van der Waals surface area contributed by atoms with E-state index in [1.54, 1.807) is 4.57 Å². The number of aromatic nitrogens is 3. The Hall–Kier alpha value is -2.57. The lowest BCUT2D eigenvalue weighted by molar-refractivity contribution is 0.0932. The van der Waals surface area contributed by atoms with Crippen LogP contribution in [-0.4, -0.2) is 33.3 Å². The van der Waals surface area contributed by atoms with Gasteiger partial charge in [0.25, 0.3) is 5.91 Å². The van der Waals surface area contributed by atoms with Gasteiger partial charge in [0.1, 0.15) is 11.6 Å². The number of benzene rings is 1. The van der Waals surface area contributed by atoms with Crippen LogP contribution in [0.5, 0.6) is 5.75 Å². The van der Waals surface area contributed by atoms with Crippen molar-refractivity contribution in [3.8, 4) is 5.75 Å². The van der Waals surface area contributed by atoms with Gasteiger partial charge in [0.05, 0.1) is 6.61 Å². The first-order valence-electron chi connectivity index (χ1n) is 8.41. The minimum Gasteiger partial charge on any atom is -0.493 e. The van der Waals surface area contributed by atoms with E-state index in [1.165, 1.54) is 0 Å². The first-order chi connectivity index (χ1) is 11.7. The molecule has 1 aromatic carbocycles. The van der Waals surface area contributed by atoms with Crippen LogP contribution in [0, 0.1) is 0 Å². The van der Waals surface area contributed by atoms with E-state index >= 15 is 0 Å². The van der Waals surface area contributed by atoms with Gasteiger partial charge < -0.3 is 10.1 Å². The van der Waals surface area contributed by atoms with Gasteiger partial charge >= 0.3 is 5.69 Å². The van der Waals surface area contributed by atoms with Crippen LogP contribution >= 0.6 is 0 Å². The summed E-state index contributed by atoms with van der Waals surface area (Å²) < 4.78 is 7.24. The zero-order chi connectivity index (χ0) is 16.5. The largest absolute Gasteiger partial charge is 0.493 e. The molecule has 0 saturated carbocycles. The summed E-state index contributed by atoms with van der Waals surface area (Å²) >= 11 is 0. The molecule has 2 aromatic rings. The summed E-state index contributed by atoms with van der Waals surface area (Å²) in [6.07, 6.45) is 4.13. The van der Waals surface area contributed by atoms with Crippen LogP contribution in [0.3, 0.4) is 0 Å². The number of fused-ring (bicyclic) bond motifs is 2. The highest BCUT2D eigenvalue weighted by Gasteiger charge is 2.21. The van der Waals surface area contributed by atoms with E-state index < -0.39 is 0 Å². The van der Waals surface area contributed by atoms with Crippen LogP contribution < -0.4 is 15.7 Å². The van der Waals surface area contributed by atoms with Crippen molar-refractivity contribution in [2.75, 3.05) is 6.61 Å². The predicted molar refractivity (Wildman–Crippen MR) is 87.3 cm³/mol. The van der Waals surface area contributed by atoms with Crippen LogP contribution in [0.1, 0.15) is 41.0 Å². The molecule has 7 nitrogen and oxygen atoms in total. The fraction of sp³-hybridized carbons (Fsp3) is 0.471. The monoisotopic (exact) mass is 328 g/mol. The molecule has 0 bridgehead atoms. The highest BCUT2D eigenvalue weighted by Crippen LogP contribution is 2.25. The number of carbonyl (C=O) groups is 1. The molecular weight excluding hydrogens is 308 g/mol. The number of ether oxygens (including phenoxy) is 1. The highest BCUT2D eigenvalue weighted by molar-refractivity contribution is 5.94. The van der Waals surface area contributed by atoms with Crippen LogP contribution in [0.2, 0.25) is 0 Å². The third kappa shape index (κ3) is 2.81. The van der Waals surface area contributed by atoms with Crippen molar-refractivity contribution in [2.45, 2.75) is 44.7 Å². The first kappa shape index (κ1) is 15.0. The van der Waals surface area contributed by atoms with Gasteiger partial charge in [-0.3, -0.25) is 9.36 Å². The Labute approximate surface area is 139 Å². The minimum absolute atomic E-state index is 0.0471. The van der Waals surface area contributed by atoms with Crippen LogP contribution in [0.4, 0.5) is 0 Å².